The third kappa shape index (κ3) is 1.95. The van der Waals surface area contributed by atoms with Crippen molar-refractivity contribution in [3.8, 4) is 0 Å². The standard InChI is InChI=1S/C13H18N4O/c1-9-13(10(2)18-16-9)11-4-3-7-17(11)8-12-14-5-6-15-12/h5-6,11H,3-4,7-8H2,1-2H3,(H,14,15). The van der Waals surface area contributed by atoms with Crippen molar-refractivity contribution in [2.45, 2.75) is 39.3 Å². The number of aryl methyl sites for hydroxylation is 2. The molecule has 1 aliphatic rings. The highest BCUT2D eigenvalue weighted by Gasteiger charge is 2.30. The number of rotatable bonds is 3. The molecule has 2 aromatic heterocycles. The van der Waals surface area contributed by atoms with E-state index in [0.717, 1.165) is 30.4 Å². The molecule has 0 bridgehead atoms. The Labute approximate surface area is 106 Å². The molecule has 3 rings (SSSR count). The Kier molecular flexibility index (Phi) is 2.91. The number of H-pyrrole nitrogens is 1. The van der Waals surface area contributed by atoms with E-state index >= 15 is 0 Å². The average Bonchev–Trinajstić information content (AvgIpc) is 3.04. The van der Waals surface area contributed by atoms with E-state index in [0.29, 0.717) is 6.04 Å². The molecule has 5 heteroatoms. The minimum Gasteiger partial charge on any atom is -0.361 e. The number of imidazole rings is 1. The van der Waals surface area contributed by atoms with Gasteiger partial charge in [0, 0.05) is 24.0 Å². The van der Waals surface area contributed by atoms with Crippen LogP contribution in [0.5, 0.6) is 0 Å². The zero-order valence-corrected chi connectivity index (χ0v) is 10.8. The predicted octanol–water partition coefficient (Wildman–Crippen LogP) is 2.35. The number of nitrogens with zero attached hydrogens (tertiary/aromatic N) is 3. The number of hydrogen-bond acceptors (Lipinski definition) is 4. The summed E-state index contributed by atoms with van der Waals surface area (Å²) in [5, 5.41) is 4.07. The van der Waals surface area contributed by atoms with E-state index in [4.69, 9.17) is 4.52 Å². The molecule has 1 N–H and O–H groups in total. The van der Waals surface area contributed by atoms with E-state index in [9.17, 15) is 0 Å². The van der Waals surface area contributed by atoms with Gasteiger partial charge in [0.05, 0.1) is 12.2 Å². The lowest BCUT2D eigenvalue weighted by Gasteiger charge is -2.23. The van der Waals surface area contributed by atoms with Crippen molar-refractivity contribution in [3.63, 3.8) is 0 Å². The van der Waals surface area contributed by atoms with Crippen LogP contribution in [0.4, 0.5) is 0 Å². The lowest BCUT2D eigenvalue weighted by molar-refractivity contribution is 0.240. The first-order valence-electron chi connectivity index (χ1n) is 6.41. The Bertz CT molecular complexity index is 498. The Balaban J connectivity index is 1.83. The summed E-state index contributed by atoms with van der Waals surface area (Å²) in [6, 6.07) is 0.418. The number of likely N-dealkylation sites (tertiary alicyclic amines) is 1. The van der Waals surface area contributed by atoms with Gasteiger partial charge in [-0.25, -0.2) is 4.98 Å². The minimum absolute atomic E-state index is 0.418. The van der Waals surface area contributed by atoms with Crippen LogP contribution >= 0.6 is 0 Å². The van der Waals surface area contributed by atoms with Gasteiger partial charge in [-0.1, -0.05) is 5.16 Å². The maximum Gasteiger partial charge on any atom is 0.138 e. The van der Waals surface area contributed by atoms with Gasteiger partial charge in [-0.3, -0.25) is 4.90 Å². The topological polar surface area (TPSA) is 58.0 Å². The molecule has 5 nitrogen and oxygen atoms in total. The number of aromatic nitrogens is 3. The molecular formula is C13H18N4O. The number of nitrogens with one attached hydrogen (secondary N) is 1. The van der Waals surface area contributed by atoms with Gasteiger partial charge in [0.1, 0.15) is 11.6 Å². The van der Waals surface area contributed by atoms with Crippen LogP contribution in [0.25, 0.3) is 0 Å². The van der Waals surface area contributed by atoms with Gasteiger partial charge in [-0.05, 0) is 33.2 Å². The highest BCUT2D eigenvalue weighted by Crippen LogP contribution is 2.36. The van der Waals surface area contributed by atoms with Crippen molar-refractivity contribution in [2.24, 2.45) is 0 Å². The predicted molar refractivity (Wildman–Crippen MR) is 66.9 cm³/mol. The summed E-state index contributed by atoms with van der Waals surface area (Å²) in [4.78, 5) is 9.92. The molecule has 1 saturated heterocycles. The zero-order valence-electron chi connectivity index (χ0n) is 10.8. The second kappa shape index (κ2) is 4.57. The summed E-state index contributed by atoms with van der Waals surface area (Å²) < 4.78 is 5.29. The summed E-state index contributed by atoms with van der Waals surface area (Å²) >= 11 is 0. The maximum absolute atomic E-state index is 5.29. The molecule has 1 unspecified atom stereocenters. The third-order valence-corrected chi connectivity index (χ3v) is 3.69. The lowest BCUT2D eigenvalue weighted by Crippen LogP contribution is -2.24. The second-order valence-electron chi connectivity index (χ2n) is 4.90. The summed E-state index contributed by atoms with van der Waals surface area (Å²) in [5.74, 6) is 1.97. The van der Waals surface area contributed by atoms with Crippen molar-refractivity contribution >= 4 is 0 Å². The van der Waals surface area contributed by atoms with E-state index in [2.05, 4.69) is 20.0 Å². The minimum atomic E-state index is 0.418. The first-order chi connectivity index (χ1) is 8.75. The Morgan fingerprint density at radius 1 is 1.50 bits per heavy atom. The highest BCUT2D eigenvalue weighted by atomic mass is 16.5. The van der Waals surface area contributed by atoms with Crippen molar-refractivity contribution < 1.29 is 4.52 Å². The molecule has 0 radical (unpaired) electrons. The molecular weight excluding hydrogens is 228 g/mol. The molecule has 18 heavy (non-hydrogen) atoms. The van der Waals surface area contributed by atoms with Crippen molar-refractivity contribution in [1.29, 1.82) is 0 Å². The van der Waals surface area contributed by atoms with Crippen LogP contribution < -0.4 is 0 Å². The summed E-state index contributed by atoms with van der Waals surface area (Å²) in [6.07, 6.45) is 6.06. The lowest BCUT2D eigenvalue weighted by atomic mass is 10.0. The van der Waals surface area contributed by atoms with Crippen molar-refractivity contribution in [1.82, 2.24) is 20.0 Å². The maximum atomic E-state index is 5.29. The van der Waals surface area contributed by atoms with Crippen LogP contribution in [-0.4, -0.2) is 26.6 Å². The van der Waals surface area contributed by atoms with Crippen LogP contribution in [0.3, 0.4) is 0 Å². The van der Waals surface area contributed by atoms with Crippen molar-refractivity contribution in [3.05, 3.63) is 35.2 Å². The molecule has 2 aromatic rings. The van der Waals surface area contributed by atoms with Gasteiger partial charge in [0.25, 0.3) is 0 Å². The molecule has 0 amide bonds. The molecule has 96 valence electrons. The fourth-order valence-electron chi connectivity index (χ4n) is 2.88. The van der Waals surface area contributed by atoms with Gasteiger partial charge >= 0.3 is 0 Å². The highest BCUT2D eigenvalue weighted by molar-refractivity contribution is 5.26. The quantitative estimate of drug-likeness (QED) is 0.903. The Hall–Kier alpha value is -1.62. The molecule has 0 aliphatic carbocycles. The fraction of sp³-hybridized carbons (Fsp3) is 0.538. The van der Waals surface area contributed by atoms with Gasteiger partial charge in [0.2, 0.25) is 0 Å². The molecule has 1 atom stereocenters. The van der Waals surface area contributed by atoms with Crippen LogP contribution in [0.1, 0.15) is 41.7 Å². The average molecular weight is 246 g/mol. The van der Waals surface area contributed by atoms with E-state index in [1.54, 1.807) is 6.20 Å². The van der Waals surface area contributed by atoms with Crippen LogP contribution in [0, 0.1) is 13.8 Å². The van der Waals surface area contributed by atoms with E-state index < -0.39 is 0 Å². The molecule has 3 heterocycles. The van der Waals surface area contributed by atoms with E-state index in [-0.39, 0.29) is 0 Å². The van der Waals surface area contributed by atoms with Crippen molar-refractivity contribution in [2.75, 3.05) is 6.54 Å². The first-order valence-corrected chi connectivity index (χ1v) is 6.41. The van der Waals surface area contributed by atoms with Crippen LogP contribution in [-0.2, 0) is 6.54 Å². The first kappa shape index (κ1) is 11.5. The van der Waals surface area contributed by atoms with Crippen LogP contribution in [0.2, 0.25) is 0 Å². The molecule has 0 aromatic carbocycles. The second-order valence-corrected chi connectivity index (χ2v) is 4.90. The monoisotopic (exact) mass is 246 g/mol. The molecule has 1 fully saturated rings. The normalized spacial score (nSPS) is 20.7. The Morgan fingerprint density at radius 2 is 2.39 bits per heavy atom. The third-order valence-electron chi connectivity index (χ3n) is 3.69. The summed E-state index contributed by atoms with van der Waals surface area (Å²) in [7, 11) is 0. The molecule has 0 spiro atoms. The largest absolute Gasteiger partial charge is 0.361 e. The Morgan fingerprint density at radius 3 is 3.06 bits per heavy atom. The van der Waals surface area contributed by atoms with Crippen LogP contribution in [0.15, 0.2) is 16.9 Å². The van der Waals surface area contributed by atoms with E-state index in [1.807, 2.05) is 20.0 Å². The summed E-state index contributed by atoms with van der Waals surface area (Å²) in [6.45, 7) is 5.99. The van der Waals surface area contributed by atoms with Gasteiger partial charge in [-0.2, -0.15) is 0 Å². The summed E-state index contributed by atoms with van der Waals surface area (Å²) in [5.41, 5.74) is 2.28. The molecule has 1 aliphatic heterocycles. The van der Waals surface area contributed by atoms with Gasteiger partial charge in [0.15, 0.2) is 0 Å². The fourth-order valence-corrected chi connectivity index (χ4v) is 2.88. The van der Waals surface area contributed by atoms with Gasteiger partial charge < -0.3 is 9.51 Å². The number of aromatic amines is 1. The number of hydrogen-bond donors (Lipinski definition) is 1. The SMILES string of the molecule is Cc1noc(C)c1C1CCCN1Cc1ncc[nH]1. The molecule has 0 saturated carbocycles. The zero-order chi connectivity index (χ0) is 12.5. The smallest absolute Gasteiger partial charge is 0.138 e. The van der Waals surface area contributed by atoms with Gasteiger partial charge in [-0.15, -0.1) is 0 Å². The van der Waals surface area contributed by atoms with E-state index in [1.165, 1.54) is 18.4 Å².